The minimum atomic E-state index is -0.977. The van der Waals surface area contributed by atoms with Crippen molar-refractivity contribution in [2.24, 2.45) is 0 Å². The molecule has 1 aromatic rings. The van der Waals surface area contributed by atoms with Crippen LogP contribution in [-0.2, 0) is 11.3 Å². The molecule has 0 bridgehead atoms. The molecule has 1 saturated heterocycles. The van der Waals surface area contributed by atoms with E-state index in [-0.39, 0.29) is 11.5 Å². The molecule has 1 aromatic carbocycles. The highest BCUT2D eigenvalue weighted by molar-refractivity contribution is 5.91. The van der Waals surface area contributed by atoms with Gasteiger partial charge in [-0.25, -0.2) is 4.79 Å². The fraction of sp³-hybridized carbons (Fsp3) is 0.556. The van der Waals surface area contributed by atoms with Crippen molar-refractivity contribution in [1.29, 1.82) is 0 Å². The van der Waals surface area contributed by atoms with Crippen LogP contribution in [0.25, 0.3) is 0 Å². The minimum absolute atomic E-state index is 0.00128. The summed E-state index contributed by atoms with van der Waals surface area (Å²) in [6.07, 6.45) is 4.38. The van der Waals surface area contributed by atoms with Gasteiger partial charge in [-0.05, 0) is 43.5 Å². The molecule has 1 fully saturated rings. The summed E-state index contributed by atoms with van der Waals surface area (Å²) in [7, 11) is 1.48. The predicted octanol–water partition coefficient (Wildman–Crippen LogP) is 2.27. The molecule has 1 atom stereocenters. The van der Waals surface area contributed by atoms with Gasteiger partial charge in [-0.15, -0.1) is 0 Å². The number of likely N-dealkylation sites (tertiary alicyclic amines) is 1. The van der Waals surface area contributed by atoms with E-state index in [9.17, 15) is 14.7 Å². The van der Waals surface area contributed by atoms with Gasteiger partial charge in [0.05, 0.1) is 7.11 Å². The lowest BCUT2D eigenvalue weighted by molar-refractivity contribution is -0.119. The van der Waals surface area contributed by atoms with Crippen LogP contribution in [0.5, 0.6) is 5.75 Å². The van der Waals surface area contributed by atoms with Gasteiger partial charge >= 0.3 is 5.97 Å². The molecule has 0 radical (unpaired) electrons. The molecule has 2 N–H and O–H groups in total. The monoisotopic (exact) mass is 334 g/mol. The number of carbonyl (C=O) groups is 2. The Balaban J connectivity index is 2.05. The molecule has 6 heteroatoms. The second-order valence-electron chi connectivity index (χ2n) is 6.23. The maximum Gasteiger partial charge on any atom is 0.339 e. The Morgan fingerprint density at radius 2 is 2.17 bits per heavy atom. The average Bonchev–Trinajstić information content (AvgIpc) is 2.56. The van der Waals surface area contributed by atoms with Crippen molar-refractivity contribution in [2.45, 2.75) is 45.2 Å². The molecule has 1 heterocycles. The fourth-order valence-corrected chi connectivity index (χ4v) is 3.27. The predicted molar refractivity (Wildman–Crippen MR) is 91.3 cm³/mol. The Bertz CT molecular complexity index is 588. The van der Waals surface area contributed by atoms with Crippen molar-refractivity contribution in [3.05, 3.63) is 29.3 Å². The van der Waals surface area contributed by atoms with Gasteiger partial charge < -0.3 is 15.2 Å². The number of carbonyl (C=O) groups excluding carboxylic acids is 1. The third-order valence-corrected chi connectivity index (χ3v) is 4.48. The van der Waals surface area contributed by atoms with Crippen LogP contribution in [0.1, 0.15) is 48.5 Å². The number of benzene rings is 1. The molecule has 0 spiro atoms. The molecule has 0 aliphatic carbocycles. The number of aromatic carboxylic acids is 1. The zero-order valence-corrected chi connectivity index (χ0v) is 14.4. The lowest BCUT2D eigenvalue weighted by Gasteiger charge is -2.36. The zero-order chi connectivity index (χ0) is 17.5. The van der Waals surface area contributed by atoms with Gasteiger partial charge in [0.15, 0.2) is 0 Å². The van der Waals surface area contributed by atoms with Crippen LogP contribution in [0.15, 0.2) is 18.2 Å². The normalized spacial score (nSPS) is 18.2. The Morgan fingerprint density at radius 1 is 1.38 bits per heavy atom. The summed E-state index contributed by atoms with van der Waals surface area (Å²) in [6, 6.07) is 5.75. The molecule has 1 amide bonds. The third kappa shape index (κ3) is 4.96. The molecule has 6 nitrogen and oxygen atoms in total. The van der Waals surface area contributed by atoms with Gasteiger partial charge in [-0.3, -0.25) is 9.69 Å². The molecule has 1 unspecified atom stereocenters. The fourth-order valence-electron chi connectivity index (χ4n) is 3.27. The van der Waals surface area contributed by atoms with Gasteiger partial charge in [0.2, 0.25) is 5.91 Å². The second-order valence-corrected chi connectivity index (χ2v) is 6.23. The molecule has 2 rings (SSSR count). The number of nitrogens with zero attached hydrogens (tertiary/aromatic N) is 1. The quantitative estimate of drug-likeness (QED) is 0.800. The number of amides is 1. The third-order valence-electron chi connectivity index (χ3n) is 4.48. The molecule has 132 valence electrons. The molecule has 1 aliphatic rings. The van der Waals surface area contributed by atoms with E-state index in [0.29, 0.717) is 18.3 Å². The van der Waals surface area contributed by atoms with E-state index in [0.717, 1.165) is 37.9 Å². The highest BCUT2D eigenvalue weighted by Gasteiger charge is 2.23. The van der Waals surface area contributed by atoms with Gasteiger partial charge in [-0.1, -0.05) is 12.5 Å². The number of methoxy groups -OCH3 is 1. The van der Waals surface area contributed by atoms with Crippen molar-refractivity contribution in [2.75, 3.05) is 20.2 Å². The highest BCUT2D eigenvalue weighted by Crippen LogP contribution is 2.25. The van der Waals surface area contributed by atoms with Crippen molar-refractivity contribution in [3.8, 4) is 5.75 Å². The Labute approximate surface area is 142 Å². The number of carboxylic acid groups (broad SMARTS) is 1. The number of hydrogen-bond donors (Lipinski definition) is 2. The SMILES string of the molecule is COc1ccc(CN2CCCCC2CCNC(C)=O)cc1C(=O)O. The number of piperidine rings is 1. The van der Waals surface area contributed by atoms with E-state index in [2.05, 4.69) is 10.2 Å². The summed E-state index contributed by atoms with van der Waals surface area (Å²) in [5.74, 6) is -0.597. The Kier molecular flexibility index (Phi) is 6.61. The number of ether oxygens (including phenoxy) is 1. The van der Waals surface area contributed by atoms with Crippen molar-refractivity contribution in [3.63, 3.8) is 0 Å². The number of hydrogen-bond acceptors (Lipinski definition) is 4. The van der Waals surface area contributed by atoms with E-state index < -0.39 is 5.97 Å². The van der Waals surface area contributed by atoms with E-state index in [1.165, 1.54) is 20.5 Å². The van der Waals surface area contributed by atoms with Crippen LogP contribution in [0, 0.1) is 0 Å². The maximum atomic E-state index is 11.4. The molecule has 0 aromatic heterocycles. The van der Waals surface area contributed by atoms with Gasteiger partial charge in [-0.2, -0.15) is 0 Å². The van der Waals surface area contributed by atoms with Crippen LogP contribution in [0.3, 0.4) is 0 Å². The summed E-state index contributed by atoms with van der Waals surface area (Å²) in [5, 5.41) is 12.2. The minimum Gasteiger partial charge on any atom is -0.496 e. The number of nitrogens with one attached hydrogen (secondary N) is 1. The summed E-state index contributed by atoms with van der Waals surface area (Å²) in [6.45, 7) is 3.93. The first-order valence-corrected chi connectivity index (χ1v) is 8.40. The van der Waals surface area contributed by atoms with Gasteiger partial charge in [0.25, 0.3) is 0 Å². The summed E-state index contributed by atoms with van der Waals surface area (Å²) in [5.41, 5.74) is 1.17. The molecule has 0 saturated carbocycles. The van der Waals surface area contributed by atoms with Gasteiger partial charge in [0.1, 0.15) is 11.3 Å². The van der Waals surface area contributed by atoms with Crippen LogP contribution < -0.4 is 10.1 Å². The molecule has 24 heavy (non-hydrogen) atoms. The number of carboxylic acids is 1. The molecular formula is C18H26N2O4. The lowest BCUT2D eigenvalue weighted by atomic mass is 9.98. The van der Waals surface area contributed by atoms with E-state index in [1.807, 2.05) is 6.07 Å². The lowest BCUT2D eigenvalue weighted by Crippen LogP contribution is -2.41. The second kappa shape index (κ2) is 8.68. The van der Waals surface area contributed by atoms with Crippen LogP contribution in [0.2, 0.25) is 0 Å². The van der Waals surface area contributed by atoms with E-state index in [1.54, 1.807) is 12.1 Å². The Hall–Kier alpha value is -2.08. The molecular weight excluding hydrogens is 308 g/mol. The van der Waals surface area contributed by atoms with Gasteiger partial charge in [0, 0.05) is 26.1 Å². The smallest absolute Gasteiger partial charge is 0.339 e. The van der Waals surface area contributed by atoms with Crippen LogP contribution in [0.4, 0.5) is 0 Å². The van der Waals surface area contributed by atoms with Crippen LogP contribution in [-0.4, -0.2) is 48.1 Å². The maximum absolute atomic E-state index is 11.4. The first-order chi connectivity index (χ1) is 11.5. The first kappa shape index (κ1) is 18.3. The standard InChI is InChI=1S/C18H26N2O4/c1-13(21)19-9-8-15-5-3-4-10-20(15)12-14-6-7-17(24-2)16(11-14)18(22)23/h6-7,11,15H,3-5,8-10,12H2,1-2H3,(H,19,21)(H,22,23). The highest BCUT2D eigenvalue weighted by atomic mass is 16.5. The average molecular weight is 334 g/mol. The topological polar surface area (TPSA) is 78.9 Å². The summed E-state index contributed by atoms with van der Waals surface area (Å²) >= 11 is 0. The summed E-state index contributed by atoms with van der Waals surface area (Å²) in [4.78, 5) is 24.8. The number of rotatable bonds is 7. The largest absolute Gasteiger partial charge is 0.496 e. The Morgan fingerprint density at radius 3 is 2.83 bits per heavy atom. The van der Waals surface area contributed by atoms with E-state index >= 15 is 0 Å². The van der Waals surface area contributed by atoms with Crippen molar-refractivity contribution in [1.82, 2.24) is 10.2 Å². The van der Waals surface area contributed by atoms with Crippen molar-refractivity contribution < 1.29 is 19.4 Å². The van der Waals surface area contributed by atoms with E-state index in [4.69, 9.17) is 4.74 Å². The molecule has 1 aliphatic heterocycles. The van der Waals surface area contributed by atoms with Crippen LogP contribution >= 0.6 is 0 Å². The zero-order valence-electron chi connectivity index (χ0n) is 14.4. The first-order valence-electron chi connectivity index (χ1n) is 8.40. The summed E-state index contributed by atoms with van der Waals surface area (Å²) < 4.78 is 5.11. The van der Waals surface area contributed by atoms with Crippen molar-refractivity contribution >= 4 is 11.9 Å².